The molecule has 3 rings (SSSR count). The van der Waals surface area contributed by atoms with E-state index in [0.29, 0.717) is 29.6 Å². The van der Waals surface area contributed by atoms with Gasteiger partial charge in [0.15, 0.2) is 0 Å². The number of nitrogens with two attached hydrogens (primary N) is 1. The molecule has 0 aromatic rings. The maximum atomic E-state index is 12.2. The normalized spacial score (nSPS) is 42.4. The first-order chi connectivity index (χ1) is 8.78. The van der Waals surface area contributed by atoms with E-state index in [-0.39, 0.29) is 0 Å². The van der Waals surface area contributed by atoms with E-state index in [2.05, 4.69) is 5.32 Å². The smallest absolute Gasteiger partial charge is 0.223 e. The molecule has 0 heterocycles. The predicted molar refractivity (Wildman–Crippen MR) is 71.8 cm³/mol. The Morgan fingerprint density at radius 2 is 1.94 bits per heavy atom. The molecule has 3 nitrogen and oxygen atoms in total. The van der Waals surface area contributed by atoms with Gasteiger partial charge >= 0.3 is 0 Å². The molecule has 3 fully saturated rings. The summed E-state index contributed by atoms with van der Waals surface area (Å²) < 4.78 is 0. The summed E-state index contributed by atoms with van der Waals surface area (Å²) in [4.78, 5) is 12.2. The van der Waals surface area contributed by atoms with Crippen molar-refractivity contribution in [3.8, 4) is 0 Å². The van der Waals surface area contributed by atoms with Crippen LogP contribution in [0, 0.1) is 29.6 Å². The lowest BCUT2D eigenvalue weighted by atomic mass is 9.88. The van der Waals surface area contributed by atoms with E-state index in [0.717, 1.165) is 25.4 Å². The summed E-state index contributed by atoms with van der Waals surface area (Å²) in [7, 11) is 0. The number of nitrogens with one attached hydrogen (secondary N) is 1. The third-order valence-electron chi connectivity index (χ3n) is 5.73. The van der Waals surface area contributed by atoms with Crippen molar-refractivity contribution in [2.24, 2.45) is 35.3 Å². The molecule has 2 bridgehead atoms. The molecule has 3 heteroatoms. The quantitative estimate of drug-likeness (QED) is 0.801. The second-order valence-electron chi connectivity index (χ2n) is 6.71. The summed E-state index contributed by atoms with van der Waals surface area (Å²) in [5.41, 5.74) is 5.79. The van der Waals surface area contributed by atoms with E-state index < -0.39 is 0 Å². The van der Waals surface area contributed by atoms with Crippen LogP contribution in [0.4, 0.5) is 0 Å². The fraction of sp³-hybridized carbons (Fsp3) is 0.933. The number of fused-ring (bicyclic) bond motifs is 2. The molecule has 3 saturated carbocycles. The second kappa shape index (κ2) is 5.20. The van der Waals surface area contributed by atoms with Gasteiger partial charge in [0, 0.05) is 12.5 Å². The van der Waals surface area contributed by atoms with Crippen molar-refractivity contribution in [1.29, 1.82) is 0 Å². The Bertz CT molecular complexity index is 318. The van der Waals surface area contributed by atoms with E-state index in [9.17, 15) is 4.79 Å². The van der Waals surface area contributed by atoms with Crippen LogP contribution in [0.25, 0.3) is 0 Å². The molecule has 102 valence electrons. The van der Waals surface area contributed by atoms with Gasteiger partial charge in [-0.15, -0.1) is 0 Å². The Morgan fingerprint density at radius 3 is 2.61 bits per heavy atom. The molecule has 3 aliphatic carbocycles. The number of hydrogen-bond donors (Lipinski definition) is 2. The van der Waals surface area contributed by atoms with Gasteiger partial charge in [-0.05, 0) is 62.3 Å². The summed E-state index contributed by atoms with van der Waals surface area (Å²) in [5.74, 6) is 3.51. The molecule has 1 amide bonds. The molecule has 3 N–H and O–H groups in total. The molecular weight excluding hydrogens is 224 g/mol. The van der Waals surface area contributed by atoms with Gasteiger partial charge < -0.3 is 11.1 Å². The van der Waals surface area contributed by atoms with E-state index in [1.807, 2.05) is 0 Å². The fourth-order valence-corrected chi connectivity index (χ4v) is 4.62. The molecule has 5 unspecified atom stereocenters. The van der Waals surface area contributed by atoms with Crippen LogP contribution in [0.1, 0.15) is 44.9 Å². The van der Waals surface area contributed by atoms with Gasteiger partial charge in [-0.25, -0.2) is 0 Å². The Kier molecular flexibility index (Phi) is 3.60. The summed E-state index contributed by atoms with van der Waals surface area (Å²) in [6.45, 7) is 1.66. The minimum atomic E-state index is 0.335. The monoisotopic (exact) mass is 250 g/mol. The van der Waals surface area contributed by atoms with Crippen molar-refractivity contribution in [3.05, 3.63) is 0 Å². The zero-order valence-electron chi connectivity index (χ0n) is 11.2. The first-order valence-electron chi connectivity index (χ1n) is 7.75. The van der Waals surface area contributed by atoms with Crippen LogP contribution in [0.5, 0.6) is 0 Å². The average Bonchev–Trinajstić information content (AvgIpc) is 3.10. The highest BCUT2D eigenvalue weighted by Crippen LogP contribution is 2.48. The highest BCUT2D eigenvalue weighted by molar-refractivity contribution is 5.79. The molecule has 0 aromatic heterocycles. The van der Waals surface area contributed by atoms with Crippen molar-refractivity contribution < 1.29 is 4.79 Å². The maximum absolute atomic E-state index is 12.2. The van der Waals surface area contributed by atoms with Crippen LogP contribution in [-0.2, 0) is 4.79 Å². The lowest BCUT2D eigenvalue weighted by Crippen LogP contribution is -2.38. The van der Waals surface area contributed by atoms with Crippen molar-refractivity contribution in [1.82, 2.24) is 5.32 Å². The molecule has 0 radical (unpaired) electrons. The van der Waals surface area contributed by atoms with E-state index in [1.54, 1.807) is 0 Å². The van der Waals surface area contributed by atoms with Gasteiger partial charge in [-0.3, -0.25) is 4.79 Å². The topological polar surface area (TPSA) is 55.1 Å². The summed E-state index contributed by atoms with van der Waals surface area (Å²) in [5, 5.41) is 3.22. The minimum absolute atomic E-state index is 0.335. The number of hydrogen-bond acceptors (Lipinski definition) is 2. The minimum Gasteiger partial charge on any atom is -0.356 e. The summed E-state index contributed by atoms with van der Waals surface area (Å²) >= 11 is 0. The highest BCUT2D eigenvalue weighted by Gasteiger charge is 2.43. The first-order valence-corrected chi connectivity index (χ1v) is 7.75. The zero-order chi connectivity index (χ0) is 12.5. The van der Waals surface area contributed by atoms with Crippen molar-refractivity contribution in [2.45, 2.75) is 44.9 Å². The van der Waals surface area contributed by atoms with Crippen LogP contribution in [0.3, 0.4) is 0 Å². The van der Waals surface area contributed by atoms with Crippen LogP contribution < -0.4 is 11.1 Å². The fourth-order valence-electron chi connectivity index (χ4n) is 4.62. The molecule has 3 aliphatic rings. The second-order valence-corrected chi connectivity index (χ2v) is 6.71. The van der Waals surface area contributed by atoms with Gasteiger partial charge in [-0.1, -0.05) is 12.8 Å². The first kappa shape index (κ1) is 12.5. The SMILES string of the molecule is NCC1CCCC1CNC(=O)C1CC2CCC1C2. The van der Waals surface area contributed by atoms with Crippen LogP contribution >= 0.6 is 0 Å². The Balaban J connectivity index is 1.47. The average molecular weight is 250 g/mol. The molecule has 0 spiro atoms. The van der Waals surface area contributed by atoms with Gasteiger partial charge in [0.25, 0.3) is 0 Å². The molecule has 0 saturated heterocycles. The van der Waals surface area contributed by atoms with E-state index in [4.69, 9.17) is 5.73 Å². The summed E-state index contributed by atoms with van der Waals surface area (Å²) in [6, 6.07) is 0. The number of carbonyl (C=O) groups is 1. The zero-order valence-corrected chi connectivity index (χ0v) is 11.2. The molecule has 18 heavy (non-hydrogen) atoms. The maximum Gasteiger partial charge on any atom is 0.223 e. The van der Waals surface area contributed by atoms with Crippen LogP contribution in [0.15, 0.2) is 0 Å². The Morgan fingerprint density at radius 1 is 1.11 bits per heavy atom. The highest BCUT2D eigenvalue weighted by atomic mass is 16.1. The lowest BCUT2D eigenvalue weighted by molar-refractivity contribution is -0.126. The Hall–Kier alpha value is -0.570. The number of rotatable bonds is 4. The number of amides is 1. The molecule has 0 aromatic carbocycles. The van der Waals surface area contributed by atoms with Gasteiger partial charge in [0.1, 0.15) is 0 Å². The van der Waals surface area contributed by atoms with Crippen molar-refractivity contribution >= 4 is 5.91 Å². The van der Waals surface area contributed by atoms with E-state index >= 15 is 0 Å². The molecule has 0 aliphatic heterocycles. The number of carbonyl (C=O) groups excluding carboxylic acids is 1. The largest absolute Gasteiger partial charge is 0.356 e. The third kappa shape index (κ3) is 2.29. The predicted octanol–water partition coefficient (Wildman–Crippen LogP) is 1.91. The standard InChI is InChI=1S/C15H26N2O/c16-8-12-2-1-3-13(12)9-17-15(18)14-7-10-4-5-11(14)6-10/h10-14H,1-9,16H2,(H,17,18). The van der Waals surface area contributed by atoms with Gasteiger partial charge in [0.2, 0.25) is 5.91 Å². The van der Waals surface area contributed by atoms with Gasteiger partial charge in [-0.2, -0.15) is 0 Å². The third-order valence-corrected chi connectivity index (χ3v) is 5.73. The van der Waals surface area contributed by atoms with Crippen molar-refractivity contribution in [2.75, 3.05) is 13.1 Å². The van der Waals surface area contributed by atoms with E-state index in [1.165, 1.54) is 38.5 Å². The van der Waals surface area contributed by atoms with Gasteiger partial charge in [0.05, 0.1) is 0 Å². The van der Waals surface area contributed by atoms with Crippen LogP contribution in [-0.4, -0.2) is 19.0 Å². The van der Waals surface area contributed by atoms with Crippen molar-refractivity contribution in [3.63, 3.8) is 0 Å². The molecular formula is C15H26N2O. The Labute approximate surface area is 110 Å². The molecule has 5 atom stereocenters. The van der Waals surface area contributed by atoms with Crippen LogP contribution in [0.2, 0.25) is 0 Å². The summed E-state index contributed by atoms with van der Waals surface area (Å²) in [6.07, 6.45) is 8.92. The lowest BCUT2D eigenvalue weighted by Gasteiger charge is -2.23.